The highest BCUT2D eigenvalue weighted by molar-refractivity contribution is 5.74. The molecule has 19 heavy (non-hydrogen) atoms. The second kappa shape index (κ2) is 8.74. The molecule has 0 aromatic heterocycles. The first-order chi connectivity index (χ1) is 9.13. The van der Waals surface area contributed by atoms with Crippen molar-refractivity contribution in [3.8, 4) is 0 Å². The predicted octanol–water partition coefficient (Wildman–Crippen LogP) is 1.50. The number of amides is 2. The lowest BCUT2D eigenvalue weighted by atomic mass is 9.92. The maximum atomic E-state index is 11.7. The number of hydrogen-bond donors (Lipinski definition) is 3. The monoisotopic (exact) mass is 272 g/mol. The van der Waals surface area contributed by atoms with E-state index < -0.39 is 5.97 Å². The molecule has 0 aliphatic heterocycles. The van der Waals surface area contributed by atoms with Crippen molar-refractivity contribution in [1.29, 1.82) is 0 Å². The SMILES string of the molecule is CCO[C@@H]1CCCC[C@H]1NC(=O)NCCCC(=O)O. The molecule has 2 atom stereocenters. The number of rotatable bonds is 7. The Morgan fingerprint density at radius 1 is 1.32 bits per heavy atom. The van der Waals surface area contributed by atoms with Crippen LogP contribution in [0.25, 0.3) is 0 Å². The third-order valence-electron chi connectivity index (χ3n) is 3.25. The topological polar surface area (TPSA) is 87.7 Å². The Balaban J connectivity index is 2.23. The Hall–Kier alpha value is -1.30. The average molecular weight is 272 g/mol. The number of ether oxygens (including phenoxy) is 1. The maximum Gasteiger partial charge on any atom is 0.315 e. The van der Waals surface area contributed by atoms with Crippen LogP contribution in [0, 0.1) is 0 Å². The van der Waals surface area contributed by atoms with Gasteiger partial charge in [-0.15, -0.1) is 0 Å². The zero-order valence-corrected chi connectivity index (χ0v) is 11.5. The van der Waals surface area contributed by atoms with Crippen LogP contribution in [-0.4, -0.2) is 42.4 Å². The van der Waals surface area contributed by atoms with Crippen LogP contribution in [0.15, 0.2) is 0 Å². The molecule has 6 nitrogen and oxygen atoms in total. The number of carboxylic acids is 1. The Morgan fingerprint density at radius 2 is 2.05 bits per heavy atom. The van der Waals surface area contributed by atoms with Crippen molar-refractivity contribution >= 4 is 12.0 Å². The number of nitrogens with one attached hydrogen (secondary N) is 2. The molecule has 0 heterocycles. The van der Waals surface area contributed by atoms with E-state index in [1.165, 1.54) is 0 Å². The van der Waals surface area contributed by atoms with Gasteiger partial charge in [-0.2, -0.15) is 0 Å². The molecular weight excluding hydrogens is 248 g/mol. The molecule has 1 fully saturated rings. The second-order valence-corrected chi connectivity index (χ2v) is 4.78. The number of carboxylic acid groups (broad SMARTS) is 1. The smallest absolute Gasteiger partial charge is 0.315 e. The maximum absolute atomic E-state index is 11.7. The Labute approximate surface area is 113 Å². The van der Waals surface area contributed by atoms with Gasteiger partial charge < -0.3 is 20.5 Å². The summed E-state index contributed by atoms with van der Waals surface area (Å²) in [5, 5.41) is 14.1. The Morgan fingerprint density at radius 3 is 2.74 bits per heavy atom. The summed E-state index contributed by atoms with van der Waals surface area (Å²) in [6, 6.07) is -0.171. The molecule has 0 unspecified atom stereocenters. The minimum atomic E-state index is -0.842. The lowest BCUT2D eigenvalue weighted by molar-refractivity contribution is -0.137. The van der Waals surface area contributed by atoms with Crippen molar-refractivity contribution in [2.75, 3.05) is 13.2 Å². The van der Waals surface area contributed by atoms with Gasteiger partial charge in [0.1, 0.15) is 0 Å². The molecule has 1 saturated carbocycles. The summed E-state index contributed by atoms with van der Waals surface area (Å²) < 4.78 is 5.63. The lowest BCUT2D eigenvalue weighted by Crippen LogP contribution is -2.50. The molecule has 2 amide bonds. The van der Waals surface area contributed by atoms with Gasteiger partial charge in [-0.05, 0) is 26.2 Å². The molecule has 0 radical (unpaired) electrons. The van der Waals surface area contributed by atoms with E-state index in [-0.39, 0.29) is 24.6 Å². The summed E-state index contributed by atoms with van der Waals surface area (Å²) in [7, 11) is 0. The van der Waals surface area contributed by atoms with E-state index in [1.54, 1.807) is 0 Å². The van der Waals surface area contributed by atoms with Gasteiger partial charge in [0.25, 0.3) is 0 Å². The lowest BCUT2D eigenvalue weighted by Gasteiger charge is -2.31. The minimum Gasteiger partial charge on any atom is -0.481 e. The predicted molar refractivity (Wildman–Crippen MR) is 71.1 cm³/mol. The summed E-state index contributed by atoms with van der Waals surface area (Å²) in [6.45, 7) is 2.99. The van der Waals surface area contributed by atoms with Gasteiger partial charge in [-0.1, -0.05) is 12.8 Å². The molecule has 0 aromatic carbocycles. The van der Waals surface area contributed by atoms with Gasteiger partial charge in [0, 0.05) is 19.6 Å². The van der Waals surface area contributed by atoms with E-state index in [0.717, 1.165) is 25.7 Å². The van der Waals surface area contributed by atoms with Gasteiger partial charge in [-0.3, -0.25) is 4.79 Å². The van der Waals surface area contributed by atoms with Crippen molar-refractivity contribution < 1.29 is 19.4 Å². The van der Waals surface area contributed by atoms with Crippen LogP contribution in [0.4, 0.5) is 4.79 Å². The summed E-state index contributed by atoms with van der Waals surface area (Å²) >= 11 is 0. The summed E-state index contributed by atoms with van der Waals surface area (Å²) in [6.07, 6.45) is 4.79. The molecular formula is C13H24N2O4. The molecule has 1 aliphatic rings. The first kappa shape index (κ1) is 15.8. The molecule has 0 spiro atoms. The molecule has 6 heteroatoms. The van der Waals surface area contributed by atoms with Crippen molar-refractivity contribution in [2.24, 2.45) is 0 Å². The van der Waals surface area contributed by atoms with E-state index in [9.17, 15) is 9.59 Å². The highest BCUT2D eigenvalue weighted by Crippen LogP contribution is 2.21. The fourth-order valence-corrected chi connectivity index (χ4v) is 2.34. The summed E-state index contributed by atoms with van der Waals surface area (Å²) in [4.78, 5) is 22.0. The number of aliphatic carboxylic acids is 1. The van der Waals surface area contributed by atoms with E-state index in [4.69, 9.17) is 9.84 Å². The second-order valence-electron chi connectivity index (χ2n) is 4.78. The van der Waals surface area contributed by atoms with Crippen molar-refractivity contribution in [1.82, 2.24) is 10.6 Å². The summed E-state index contributed by atoms with van der Waals surface area (Å²) in [5.74, 6) is -0.842. The zero-order valence-electron chi connectivity index (χ0n) is 11.5. The third kappa shape index (κ3) is 6.42. The molecule has 0 saturated heterocycles. The van der Waals surface area contributed by atoms with Crippen molar-refractivity contribution in [3.05, 3.63) is 0 Å². The number of urea groups is 1. The standard InChI is InChI=1S/C13H24N2O4/c1-2-19-11-7-4-3-6-10(11)15-13(18)14-9-5-8-12(16)17/h10-11H,2-9H2,1H3,(H,16,17)(H2,14,15,18)/t10-,11-/m1/s1. The fraction of sp³-hybridized carbons (Fsp3) is 0.846. The van der Waals surface area contributed by atoms with Gasteiger partial charge in [0.05, 0.1) is 12.1 Å². The van der Waals surface area contributed by atoms with E-state index in [1.807, 2.05) is 6.92 Å². The average Bonchev–Trinajstić information content (AvgIpc) is 2.37. The summed E-state index contributed by atoms with van der Waals surface area (Å²) in [5.41, 5.74) is 0. The molecule has 1 aliphatic carbocycles. The number of hydrogen-bond acceptors (Lipinski definition) is 3. The first-order valence-electron chi connectivity index (χ1n) is 7.01. The third-order valence-corrected chi connectivity index (χ3v) is 3.25. The van der Waals surface area contributed by atoms with Gasteiger partial charge in [0.15, 0.2) is 0 Å². The first-order valence-corrected chi connectivity index (χ1v) is 7.01. The highest BCUT2D eigenvalue weighted by atomic mass is 16.5. The van der Waals surface area contributed by atoms with Crippen LogP contribution in [-0.2, 0) is 9.53 Å². The normalized spacial score (nSPS) is 22.8. The van der Waals surface area contributed by atoms with E-state index >= 15 is 0 Å². The van der Waals surface area contributed by atoms with Crippen LogP contribution < -0.4 is 10.6 Å². The van der Waals surface area contributed by atoms with Crippen LogP contribution in [0.2, 0.25) is 0 Å². The Bertz CT molecular complexity index is 294. The Kier molecular flexibility index (Phi) is 7.25. The van der Waals surface area contributed by atoms with Crippen LogP contribution >= 0.6 is 0 Å². The van der Waals surface area contributed by atoms with E-state index in [2.05, 4.69) is 10.6 Å². The van der Waals surface area contributed by atoms with Crippen LogP contribution in [0.3, 0.4) is 0 Å². The van der Waals surface area contributed by atoms with E-state index in [0.29, 0.717) is 19.6 Å². The zero-order chi connectivity index (χ0) is 14.1. The minimum absolute atomic E-state index is 0.0631. The van der Waals surface area contributed by atoms with Gasteiger partial charge in [-0.25, -0.2) is 4.79 Å². The van der Waals surface area contributed by atoms with Crippen molar-refractivity contribution in [3.63, 3.8) is 0 Å². The molecule has 0 aromatic rings. The van der Waals surface area contributed by atoms with Crippen LogP contribution in [0.5, 0.6) is 0 Å². The number of carbonyl (C=O) groups excluding carboxylic acids is 1. The van der Waals surface area contributed by atoms with Gasteiger partial charge in [0.2, 0.25) is 0 Å². The fourth-order valence-electron chi connectivity index (χ4n) is 2.34. The highest BCUT2D eigenvalue weighted by Gasteiger charge is 2.26. The molecule has 1 rings (SSSR count). The van der Waals surface area contributed by atoms with Crippen LogP contribution in [0.1, 0.15) is 45.4 Å². The van der Waals surface area contributed by atoms with Crippen molar-refractivity contribution in [2.45, 2.75) is 57.6 Å². The quantitative estimate of drug-likeness (QED) is 0.613. The van der Waals surface area contributed by atoms with Gasteiger partial charge >= 0.3 is 12.0 Å². The number of carbonyl (C=O) groups is 2. The largest absolute Gasteiger partial charge is 0.481 e. The molecule has 0 bridgehead atoms. The molecule has 110 valence electrons. The molecule has 3 N–H and O–H groups in total.